The zero-order valence-corrected chi connectivity index (χ0v) is 16.1. The molecule has 25 heavy (non-hydrogen) atoms. The third-order valence-corrected chi connectivity index (χ3v) is 5.36. The number of carbonyl (C=O) groups excluding carboxylic acids is 1. The normalized spacial score (nSPS) is 11.8. The standard InChI is InChI=1S/C20H20N2OS2/c1-20(2,3)15-9-6-14(7-10-15)8-11-18(23)22-19-21-16(13-25-19)17-5-4-12-24-17/h4-13H,1-3H3,(H,21,22,23)/b11-8+. The number of anilines is 1. The molecule has 1 amide bonds. The van der Waals surface area contributed by atoms with Gasteiger partial charge in [0.25, 0.3) is 0 Å². The van der Waals surface area contributed by atoms with Gasteiger partial charge in [-0.25, -0.2) is 4.98 Å². The molecule has 0 saturated carbocycles. The van der Waals surface area contributed by atoms with E-state index in [-0.39, 0.29) is 11.3 Å². The summed E-state index contributed by atoms with van der Waals surface area (Å²) in [4.78, 5) is 17.6. The fourth-order valence-corrected chi connectivity index (χ4v) is 3.76. The predicted molar refractivity (Wildman–Crippen MR) is 108 cm³/mol. The summed E-state index contributed by atoms with van der Waals surface area (Å²) in [7, 11) is 0. The molecule has 3 rings (SSSR count). The number of aromatic nitrogens is 1. The third kappa shape index (κ3) is 4.65. The Bertz CT molecular complexity index is 869. The quantitative estimate of drug-likeness (QED) is 0.590. The minimum atomic E-state index is -0.174. The maximum absolute atomic E-state index is 12.1. The number of carbonyl (C=O) groups is 1. The zero-order chi connectivity index (χ0) is 17.9. The van der Waals surface area contributed by atoms with E-state index in [1.165, 1.54) is 23.0 Å². The van der Waals surface area contributed by atoms with Crippen LogP contribution in [0, 0.1) is 0 Å². The summed E-state index contributed by atoms with van der Waals surface area (Å²) in [6.45, 7) is 6.55. The van der Waals surface area contributed by atoms with E-state index in [0.717, 1.165) is 16.1 Å². The van der Waals surface area contributed by atoms with E-state index in [9.17, 15) is 4.79 Å². The fraction of sp³-hybridized carbons (Fsp3) is 0.200. The number of rotatable bonds is 4. The lowest BCUT2D eigenvalue weighted by molar-refractivity contribution is -0.111. The first-order valence-electron chi connectivity index (χ1n) is 8.01. The Morgan fingerprint density at radius 3 is 2.52 bits per heavy atom. The van der Waals surface area contributed by atoms with Crippen LogP contribution in [0.25, 0.3) is 16.6 Å². The Morgan fingerprint density at radius 1 is 1.12 bits per heavy atom. The molecule has 0 fully saturated rings. The Kier molecular flexibility index (Phi) is 5.16. The lowest BCUT2D eigenvalue weighted by atomic mass is 9.87. The van der Waals surface area contributed by atoms with E-state index in [4.69, 9.17) is 0 Å². The molecule has 0 aliphatic heterocycles. The van der Waals surface area contributed by atoms with E-state index in [1.807, 2.05) is 41.1 Å². The van der Waals surface area contributed by atoms with Gasteiger partial charge in [-0.3, -0.25) is 10.1 Å². The first-order valence-corrected chi connectivity index (χ1v) is 9.77. The number of thiophene rings is 1. The predicted octanol–water partition coefficient (Wildman–Crippen LogP) is 5.82. The minimum absolute atomic E-state index is 0.130. The number of thiazole rings is 1. The lowest BCUT2D eigenvalue weighted by Crippen LogP contribution is -2.10. The van der Waals surface area contributed by atoms with Crippen molar-refractivity contribution in [3.05, 3.63) is 64.4 Å². The summed E-state index contributed by atoms with van der Waals surface area (Å²) in [5, 5.41) is 7.40. The van der Waals surface area contributed by atoms with E-state index in [0.29, 0.717) is 5.13 Å². The van der Waals surface area contributed by atoms with Gasteiger partial charge in [-0.1, -0.05) is 51.1 Å². The molecule has 0 saturated heterocycles. The molecule has 5 heteroatoms. The van der Waals surface area contributed by atoms with Crippen LogP contribution >= 0.6 is 22.7 Å². The Hall–Kier alpha value is -2.24. The molecular formula is C20H20N2OS2. The van der Waals surface area contributed by atoms with Crippen molar-refractivity contribution in [3.63, 3.8) is 0 Å². The van der Waals surface area contributed by atoms with Crippen LogP contribution in [0.2, 0.25) is 0 Å². The van der Waals surface area contributed by atoms with E-state index >= 15 is 0 Å². The summed E-state index contributed by atoms with van der Waals surface area (Å²) in [6.07, 6.45) is 3.36. The molecule has 0 bridgehead atoms. The minimum Gasteiger partial charge on any atom is -0.298 e. The molecular weight excluding hydrogens is 348 g/mol. The third-order valence-electron chi connectivity index (χ3n) is 3.71. The van der Waals surface area contributed by atoms with Crippen molar-refractivity contribution in [1.82, 2.24) is 4.98 Å². The van der Waals surface area contributed by atoms with E-state index in [2.05, 4.69) is 43.2 Å². The topological polar surface area (TPSA) is 42.0 Å². The fourth-order valence-electron chi connectivity index (χ4n) is 2.28. The molecule has 0 unspecified atom stereocenters. The molecule has 0 spiro atoms. The molecule has 1 aromatic carbocycles. The molecule has 3 nitrogen and oxygen atoms in total. The number of benzene rings is 1. The smallest absolute Gasteiger partial charge is 0.250 e. The van der Waals surface area contributed by atoms with Crippen molar-refractivity contribution in [1.29, 1.82) is 0 Å². The van der Waals surface area contributed by atoms with Crippen LogP contribution in [0.1, 0.15) is 31.9 Å². The van der Waals surface area contributed by atoms with Crippen molar-refractivity contribution in [2.45, 2.75) is 26.2 Å². The first kappa shape index (κ1) is 17.6. The maximum atomic E-state index is 12.1. The zero-order valence-electron chi connectivity index (χ0n) is 14.4. The summed E-state index contributed by atoms with van der Waals surface area (Å²) < 4.78 is 0. The molecule has 0 aliphatic carbocycles. The highest BCUT2D eigenvalue weighted by Crippen LogP contribution is 2.28. The van der Waals surface area contributed by atoms with Crippen molar-refractivity contribution in [2.75, 3.05) is 5.32 Å². The van der Waals surface area contributed by atoms with Gasteiger partial charge in [-0.15, -0.1) is 22.7 Å². The van der Waals surface area contributed by atoms with Crippen molar-refractivity contribution < 1.29 is 4.79 Å². The number of hydrogen-bond acceptors (Lipinski definition) is 4. The van der Waals surface area contributed by atoms with Gasteiger partial charge in [0, 0.05) is 11.5 Å². The van der Waals surface area contributed by atoms with Crippen LogP contribution in [-0.4, -0.2) is 10.9 Å². The summed E-state index contributed by atoms with van der Waals surface area (Å²) in [5.74, 6) is -0.174. The van der Waals surface area contributed by atoms with Gasteiger partial charge in [-0.2, -0.15) is 0 Å². The van der Waals surface area contributed by atoms with Crippen LogP contribution in [-0.2, 0) is 10.2 Å². The second-order valence-corrected chi connectivity index (χ2v) is 8.52. The lowest BCUT2D eigenvalue weighted by Gasteiger charge is -2.18. The molecule has 128 valence electrons. The van der Waals surface area contributed by atoms with Crippen LogP contribution in [0.3, 0.4) is 0 Å². The Balaban J connectivity index is 1.61. The van der Waals surface area contributed by atoms with Gasteiger partial charge in [0.2, 0.25) is 5.91 Å². The number of nitrogens with zero attached hydrogens (tertiary/aromatic N) is 1. The SMILES string of the molecule is CC(C)(C)c1ccc(/C=C/C(=O)Nc2nc(-c3cccs3)cs2)cc1. The average molecular weight is 369 g/mol. The number of hydrogen-bond donors (Lipinski definition) is 1. The molecule has 1 N–H and O–H groups in total. The Labute approximate surface area is 156 Å². The summed E-state index contributed by atoms with van der Waals surface area (Å²) in [6, 6.07) is 12.3. The molecule has 0 atom stereocenters. The van der Waals surface area contributed by atoms with E-state index in [1.54, 1.807) is 11.3 Å². The maximum Gasteiger partial charge on any atom is 0.250 e. The van der Waals surface area contributed by atoms with Crippen molar-refractivity contribution in [3.8, 4) is 10.6 Å². The molecule has 0 aliphatic rings. The van der Waals surface area contributed by atoms with Crippen LogP contribution in [0.15, 0.2) is 53.2 Å². The summed E-state index contributed by atoms with van der Waals surface area (Å²) in [5.41, 5.74) is 3.31. The van der Waals surface area contributed by atoms with Crippen molar-refractivity contribution >= 4 is 39.8 Å². The average Bonchev–Trinajstić information content (AvgIpc) is 3.23. The summed E-state index contributed by atoms with van der Waals surface area (Å²) >= 11 is 3.07. The van der Waals surface area contributed by atoms with Gasteiger partial charge in [0.1, 0.15) is 0 Å². The van der Waals surface area contributed by atoms with Gasteiger partial charge in [0.05, 0.1) is 10.6 Å². The molecule has 0 radical (unpaired) electrons. The monoisotopic (exact) mass is 368 g/mol. The molecule has 2 heterocycles. The molecule has 3 aromatic rings. The van der Waals surface area contributed by atoms with Crippen molar-refractivity contribution in [2.24, 2.45) is 0 Å². The van der Waals surface area contributed by atoms with Gasteiger partial charge in [0.15, 0.2) is 5.13 Å². The number of nitrogens with one attached hydrogen (secondary N) is 1. The molecule has 2 aromatic heterocycles. The van der Waals surface area contributed by atoms with E-state index < -0.39 is 0 Å². The van der Waals surface area contributed by atoms with Gasteiger partial charge >= 0.3 is 0 Å². The first-order chi connectivity index (χ1) is 11.9. The van der Waals surface area contributed by atoms with Crippen LogP contribution in [0.5, 0.6) is 0 Å². The van der Waals surface area contributed by atoms with Crippen LogP contribution in [0.4, 0.5) is 5.13 Å². The highest BCUT2D eigenvalue weighted by atomic mass is 32.1. The second kappa shape index (κ2) is 7.33. The highest BCUT2D eigenvalue weighted by Gasteiger charge is 2.12. The largest absolute Gasteiger partial charge is 0.298 e. The Morgan fingerprint density at radius 2 is 1.88 bits per heavy atom. The van der Waals surface area contributed by atoms with Crippen LogP contribution < -0.4 is 5.32 Å². The van der Waals surface area contributed by atoms with Gasteiger partial charge < -0.3 is 0 Å². The number of amides is 1. The second-order valence-electron chi connectivity index (χ2n) is 6.71. The van der Waals surface area contributed by atoms with Gasteiger partial charge in [-0.05, 0) is 34.1 Å². The highest BCUT2D eigenvalue weighted by molar-refractivity contribution is 7.16.